The Labute approximate surface area is 95.9 Å². The normalized spacial score (nSPS) is 16.0. The van der Waals surface area contributed by atoms with Crippen LogP contribution in [0, 0.1) is 17.2 Å². The molecule has 2 rings (SSSR count). The Balaban J connectivity index is 2.02. The van der Waals surface area contributed by atoms with Crippen LogP contribution >= 0.6 is 0 Å². The molecular weight excluding hydrogens is 200 g/mol. The van der Waals surface area contributed by atoms with E-state index in [2.05, 4.69) is 14.9 Å². The lowest BCUT2D eigenvalue weighted by molar-refractivity contribution is 0.542. The number of hydrogen-bond donors (Lipinski definition) is 0. The Bertz CT molecular complexity index is 390. The van der Waals surface area contributed by atoms with Crippen LogP contribution in [-0.4, -0.2) is 23.6 Å². The van der Waals surface area contributed by atoms with Gasteiger partial charge in [0.1, 0.15) is 11.8 Å². The lowest BCUT2D eigenvalue weighted by atomic mass is 10.1. The molecule has 0 aliphatic heterocycles. The first-order chi connectivity index (χ1) is 7.79. The number of hydrogen-bond acceptors (Lipinski definition) is 4. The van der Waals surface area contributed by atoms with Gasteiger partial charge in [0.05, 0.1) is 0 Å². The monoisotopic (exact) mass is 216 g/mol. The van der Waals surface area contributed by atoms with Gasteiger partial charge in [-0.1, -0.05) is 12.8 Å². The highest BCUT2D eigenvalue weighted by Gasteiger charge is 2.18. The van der Waals surface area contributed by atoms with E-state index in [1.807, 2.05) is 13.1 Å². The van der Waals surface area contributed by atoms with Crippen molar-refractivity contribution in [3.05, 3.63) is 18.0 Å². The first-order valence-corrected chi connectivity index (χ1v) is 5.74. The molecule has 1 aliphatic rings. The molecule has 0 unspecified atom stereocenters. The number of anilines is 1. The molecule has 0 radical (unpaired) electrons. The van der Waals surface area contributed by atoms with Gasteiger partial charge in [-0.3, -0.25) is 0 Å². The zero-order valence-electron chi connectivity index (χ0n) is 9.56. The highest BCUT2D eigenvalue weighted by molar-refractivity contribution is 5.32. The van der Waals surface area contributed by atoms with Crippen molar-refractivity contribution >= 4 is 5.95 Å². The van der Waals surface area contributed by atoms with Gasteiger partial charge in [0.2, 0.25) is 5.95 Å². The van der Waals surface area contributed by atoms with E-state index in [1.165, 1.54) is 25.7 Å². The lowest BCUT2D eigenvalue weighted by Crippen LogP contribution is -2.25. The topological polar surface area (TPSA) is 52.8 Å². The summed E-state index contributed by atoms with van der Waals surface area (Å²) in [5.74, 6) is 1.42. The average Bonchev–Trinajstić information content (AvgIpc) is 2.82. The Morgan fingerprint density at radius 3 is 2.94 bits per heavy atom. The molecular formula is C12H16N4. The molecule has 0 aromatic carbocycles. The standard InChI is InChI=1S/C12H16N4/c1-16(9-10-4-2-3-5-10)12-14-7-6-11(8-13)15-12/h6-7,10H,2-5,9H2,1H3. The molecule has 0 atom stereocenters. The third-order valence-electron chi connectivity index (χ3n) is 3.11. The fourth-order valence-electron chi connectivity index (χ4n) is 2.26. The van der Waals surface area contributed by atoms with E-state index >= 15 is 0 Å². The minimum absolute atomic E-state index is 0.434. The SMILES string of the molecule is CN(CC1CCCC1)c1nccc(C#N)n1. The molecule has 1 aromatic heterocycles. The fourth-order valence-corrected chi connectivity index (χ4v) is 2.26. The van der Waals surface area contributed by atoms with Crippen LogP contribution in [-0.2, 0) is 0 Å². The van der Waals surface area contributed by atoms with Crippen molar-refractivity contribution in [1.82, 2.24) is 9.97 Å². The van der Waals surface area contributed by atoms with E-state index in [9.17, 15) is 0 Å². The minimum Gasteiger partial charge on any atom is -0.344 e. The van der Waals surface area contributed by atoms with E-state index in [0.29, 0.717) is 11.6 Å². The summed E-state index contributed by atoms with van der Waals surface area (Å²) in [5.41, 5.74) is 0.434. The molecule has 0 bridgehead atoms. The van der Waals surface area contributed by atoms with Gasteiger partial charge in [0, 0.05) is 19.8 Å². The third-order valence-corrected chi connectivity index (χ3v) is 3.11. The van der Waals surface area contributed by atoms with Gasteiger partial charge in [0.25, 0.3) is 0 Å². The van der Waals surface area contributed by atoms with E-state index in [-0.39, 0.29) is 0 Å². The third kappa shape index (κ3) is 2.48. The van der Waals surface area contributed by atoms with Crippen molar-refractivity contribution in [2.45, 2.75) is 25.7 Å². The smallest absolute Gasteiger partial charge is 0.226 e. The van der Waals surface area contributed by atoms with Crippen LogP contribution in [0.1, 0.15) is 31.4 Å². The molecule has 1 saturated carbocycles. The van der Waals surface area contributed by atoms with Gasteiger partial charge in [-0.05, 0) is 24.8 Å². The highest BCUT2D eigenvalue weighted by Crippen LogP contribution is 2.25. The van der Waals surface area contributed by atoms with Crippen molar-refractivity contribution in [2.24, 2.45) is 5.92 Å². The molecule has 0 N–H and O–H groups in total. The number of nitriles is 1. The minimum atomic E-state index is 0.434. The molecule has 16 heavy (non-hydrogen) atoms. The molecule has 1 aliphatic carbocycles. The number of nitrogens with zero attached hydrogens (tertiary/aromatic N) is 4. The Kier molecular flexibility index (Phi) is 3.35. The van der Waals surface area contributed by atoms with Crippen molar-refractivity contribution in [3.8, 4) is 6.07 Å². The van der Waals surface area contributed by atoms with Crippen molar-refractivity contribution < 1.29 is 0 Å². The molecule has 0 amide bonds. The number of rotatable bonds is 3. The maximum Gasteiger partial charge on any atom is 0.226 e. The summed E-state index contributed by atoms with van der Waals surface area (Å²) in [6.45, 7) is 0.995. The average molecular weight is 216 g/mol. The summed E-state index contributed by atoms with van der Waals surface area (Å²) in [4.78, 5) is 10.4. The first-order valence-electron chi connectivity index (χ1n) is 5.74. The summed E-state index contributed by atoms with van der Waals surface area (Å²) in [6.07, 6.45) is 6.95. The van der Waals surface area contributed by atoms with Crippen molar-refractivity contribution in [2.75, 3.05) is 18.5 Å². The van der Waals surface area contributed by atoms with Crippen LogP contribution in [0.4, 0.5) is 5.95 Å². The molecule has 84 valence electrons. The Morgan fingerprint density at radius 1 is 1.50 bits per heavy atom. The molecule has 4 heteroatoms. The maximum atomic E-state index is 8.77. The zero-order valence-corrected chi connectivity index (χ0v) is 9.56. The van der Waals surface area contributed by atoms with E-state index in [1.54, 1.807) is 12.3 Å². The predicted octanol–water partition coefficient (Wildman–Crippen LogP) is 1.97. The molecule has 0 saturated heterocycles. The summed E-state index contributed by atoms with van der Waals surface area (Å²) >= 11 is 0. The number of aromatic nitrogens is 2. The second kappa shape index (κ2) is 4.93. The second-order valence-corrected chi connectivity index (χ2v) is 4.38. The van der Waals surface area contributed by atoms with E-state index in [4.69, 9.17) is 5.26 Å². The van der Waals surface area contributed by atoms with Crippen LogP contribution in [0.3, 0.4) is 0 Å². The predicted molar refractivity (Wildman–Crippen MR) is 62.0 cm³/mol. The fraction of sp³-hybridized carbons (Fsp3) is 0.583. The van der Waals surface area contributed by atoms with Crippen LogP contribution in [0.2, 0.25) is 0 Å². The Hall–Kier alpha value is -1.63. The van der Waals surface area contributed by atoms with Gasteiger partial charge >= 0.3 is 0 Å². The molecule has 1 aromatic rings. The van der Waals surface area contributed by atoms with E-state index in [0.717, 1.165) is 12.5 Å². The van der Waals surface area contributed by atoms with Crippen LogP contribution < -0.4 is 4.90 Å². The van der Waals surface area contributed by atoms with Gasteiger partial charge in [-0.15, -0.1) is 0 Å². The van der Waals surface area contributed by atoms with Gasteiger partial charge < -0.3 is 4.90 Å². The highest BCUT2D eigenvalue weighted by atomic mass is 15.2. The van der Waals surface area contributed by atoms with Gasteiger partial charge in [-0.25, -0.2) is 9.97 Å². The summed E-state index contributed by atoms with van der Waals surface area (Å²) < 4.78 is 0. The molecule has 4 nitrogen and oxygen atoms in total. The van der Waals surface area contributed by atoms with Crippen LogP contribution in [0.15, 0.2) is 12.3 Å². The second-order valence-electron chi connectivity index (χ2n) is 4.38. The summed E-state index contributed by atoms with van der Waals surface area (Å²) in [7, 11) is 1.99. The lowest BCUT2D eigenvalue weighted by Gasteiger charge is -2.20. The zero-order chi connectivity index (χ0) is 11.4. The van der Waals surface area contributed by atoms with Crippen LogP contribution in [0.25, 0.3) is 0 Å². The first kappa shape index (κ1) is 10.9. The summed E-state index contributed by atoms with van der Waals surface area (Å²) in [6, 6.07) is 3.67. The maximum absolute atomic E-state index is 8.77. The molecule has 0 spiro atoms. The van der Waals surface area contributed by atoms with Gasteiger partial charge in [0.15, 0.2) is 0 Å². The Morgan fingerprint density at radius 2 is 2.25 bits per heavy atom. The van der Waals surface area contributed by atoms with Crippen molar-refractivity contribution in [3.63, 3.8) is 0 Å². The summed E-state index contributed by atoms with van der Waals surface area (Å²) in [5, 5.41) is 8.77. The molecule has 1 heterocycles. The quantitative estimate of drug-likeness (QED) is 0.775. The van der Waals surface area contributed by atoms with Crippen LogP contribution in [0.5, 0.6) is 0 Å². The largest absolute Gasteiger partial charge is 0.344 e. The van der Waals surface area contributed by atoms with Gasteiger partial charge in [-0.2, -0.15) is 5.26 Å². The van der Waals surface area contributed by atoms with Crippen molar-refractivity contribution in [1.29, 1.82) is 5.26 Å². The molecule has 1 fully saturated rings. The van der Waals surface area contributed by atoms with E-state index < -0.39 is 0 Å².